The third kappa shape index (κ3) is 5.02. The van der Waals surface area contributed by atoms with Crippen molar-refractivity contribution >= 4 is 12.0 Å². The number of ether oxygens (including phenoxy) is 1. The number of hydrazine groups is 1. The third-order valence-electron chi connectivity index (χ3n) is 2.39. The molecule has 1 rings (SSSR count). The van der Waals surface area contributed by atoms with Gasteiger partial charge in [0.1, 0.15) is 5.60 Å². The number of rotatable bonds is 2. The first-order chi connectivity index (χ1) is 9.61. The topological polar surface area (TPSA) is 58.6 Å². The number of nitrogens with zero attached hydrogens (tertiary/aromatic N) is 1. The number of nitrogens with one attached hydrogen (secondary N) is 1. The predicted octanol–water partition coefficient (Wildman–Crippen LogP) is 3.14. The Labute approximate surface area is 121 Å². The van der Waals surface area contributed by atoms with Crippen LogP contribution in [0.25, 0.3) is 0 Å². The molecule has 0 heterocycles. The van der Waals surface area contributed by atoms with Crippen LogP contribution in [0.4, 0.5) is 13.6 Å². The van der Waals surface area contributed by atoms with Crippen LogP contribution in [0.15, 0.2) is 24.3 Å². The molecule has 21 heavy (non-hydrogen) atoms. The lowest BCUT2D eigenvalue weighted by Crippen LogP contribution is -2.45. The quantitative estimate of drug-likeness (QED) is 0.854. The van der Waals surface area contributed by atoms with E-state index in [9.17, 15) is 18.4 Å². The van der Waals surface area contributed by atoms with Crippen LogP contribution >= 0.6 is 0 Å². The first-order valence-electron chi connectivity index (χ1n) is 6.26. The summed E-state index contributed by atoms with van der Waals surface area (Å²) in [4.78, 5) is 23.6. The summed E-state index contributed by atoms with van der Waals surface area (Å²) in [5.41, 5.74) is 0.888. The molecule has 0 spiro atoms. The number of carbonyl (C=O) groups is 2. The third-order valence-corrected chi connectivity index (χ3v) is 2.39. The van der Waals surface area contributed by atoms with E-state index < -0.39 is 24.0 Å². The molecule has 0 radical (unpaired) electrons. The zero-order valence-electron chi connectivity index (χ0n) is 12.3. The van der Waals surface area contributed by atoms with Crippen molar-refractivity contribution in [1.29, 1.82) is 0 Å². The smallest absolute Gasteiger partial charge is 0.426 e. The molecule has 1 aromatic carbocycles. The lowest BCUT2D eigenvalue weighted by Gasteiger charge is -2.24. The largest absolute Gasteiger partial charge is 0.443 e. The van der Waals surface area contributed by atoms with Gasteiger partial charge in [0.15, 0.2) is 0 Å². The maximum Gasteiger partial charge on any atom is 0.426 e. The Morgan fingerprint density at radius 3 is 2.33 bits per heavy atom. The number of alkyl halides is 2. The molecule has 0 aliphatic heterocycles. The van der Waals surface area contributed by atoms with Crippen molar-refractivity contribution in [3.63, 3.8) is 0 Å². The van der Waals surface area contributed by atoms with Crippen molar-refractivity contribution in [2.75, 3.05) is 7.05 Å². The maximum absolute atomic E-state index is 12.9. The Hall–Kier alpha value is -2.18. The number of amides is 2. The van der Waals surface area contributed by atoms with Crippen molar-refractivity contribution < 1.29 is 23.1 Å². The molecule has 0 aromatic heterocycles. The molecule has 0 saturated carbocycles. The van der Waals surface area contributed by atoms with E-state index in [1.165, 1.54) is 31.3 Å². The van der Waals surface area contributed by atoms with Gasteiger partial charge in [-0.2, -0.15) is 0 Å². The van der Waals surface area contributed by atoms with E-state index >= 15 is 0 Å². The predicted molar refractivity (Wildman–Crippen MR) is 72.9 cm³/mol. The number of hydrogen-bond acceptors (Lipinski definition) is 3. The Balaban J connectivity index is 2.82. The van der Waals surface area contributed by atoms with Gasteiger partial charge in [0.2, 0.25) is 0 Å². The summed E-state index contributed by atoms with van der Waals surface area (Å²) in [7, 11) is 1.26. The molecule has 0 atom stereocenters. The minimum atomic E-state index is -2.78. The second kappa shape index (κ2) is 6.51. The molecular formula is C14H18F2N2O3. The molecule has 5 nitrogen and oxygen atoms in total. The first-order valence-corrected chi connectivity index (χ1v) is 6.26. The highest BCUT2D eigenvalue weighted by molar-refractivity contribution is 5.96. The Morgan fingerprint density at radius 1 is 1.24 bits per heavy atom. The van der Waals surface area contributed by atoms with Gasteiger partial charge in [-0.3, -0.25) is 9.80 Å². The Kier molecular flexibility index (Phi) is 5.23. The van der Waals surface area contributed by atoms with Crippen LogP contribution in [0.3, 0.4) is 0 Å². The maximum atomic E-state index is 12.9. The lowest BCUT2D eigenvalue weighted by molar-refractivity contribution is 0.0333. The number of carbonyl (C=O) groups excluding carboxylic acids is 2. The van der Waals surface area contributed by atoms with Crippen LogP contribution in [0.2, 0.25) is 0 Å². The van der Waals surface area contributed by atoms with Crippen molar-refractivity contribution in [2.24, 2.45) is 0 Å². The molecule has 0 fully saturated rings. The second-order valence-corrected chi connectivity index (χ2v) is 5.37. The fraction of sp³-hybridized carbons (Fsp3) is 0.429. The molecule has 0 aliphatic rings. The van der Waals surface area contributed by atoms with E-state index in [-0.39, 0.29) is 11.1 Å². The minimum absolute atomic E-state index is 0.175. The fourth-order valence-corrected chi connectivity index (χ4v) is 1.55. The van der Waals surface area contributed by atoms with Gasteiger partial charge in [0, 0.05) is 12.6 Å². The Bertz CT molecular complexity index is 527. The standard InChI is InChI=1S/C14H18F2N2O3/c1-14(2,3)21-13(20)17-18(4)12(19)10-8-6-5-7-9(10)11(15)16/h5-8,11H,1-4H3,(H,17,20). The van der Waals surface area contributed by atoms with E-state index in [2.05, 4.69) is 5.43 Å². The zero-order chi connectivity index (χ0) is 16.2. The number of hydrogen-bond donors (Lipinski definition) is 1. The van der Waals surface area contributed by atoms with Gasteiger partial charge < -0.3 is 4.74 Å². The van der Waals surface area contributed by atoms with Crippen LogP contribution in [0.1, 0.15) is 43.1 Å². The van der Waals surface area contributed by atoms with Crippen LogP contribution in [-0.2, 0) is 4.74 Å². The molecule has 0 bridgehead atoms. The summed E-state index contributed by atoms with van der Waals surface area (Å²) in [5, 5.41) is 0.815. The lowest BCUT2D eigenvalue weighted by atomic mass is 10.1. The second-order valence-electron chi connectivity index (χ2n) is 5.37. The molecular weight excluding hydrogens is 282 g/mol. The molecule has 1 aromatic rings. The van der Waals surface area contributed by atoms with Gasteiger partial charge in [-0.05, 0) is 26.8 Å². The van der Waals surface area contributed by atoms with Crippen molar-refractivity contribution in [1.82, 2.24) is 10.4 Å². The Morgan fingerprint density at radius 2 is 1.81 bits per heavy atom. The van der Waals surface area contributed by atoms with E-state index in [0.717, 1.165) is 5.01 Å². The van der Waals surface area contributed by atoms with E-state index in [4.69, 9.17) is 4.74 Å². The van der Waals surface area contributed by atoms with Gasteiger partial charge in [0.25, 0.3) is 12.3 Å². The highest BCUT2D eigenvalue weighted by Gasteiger charge is 2.23. The van der Waals surface area contributed by atoms with Crippen molar-refractivity contribution in [3.05, 3.63) is 35.4 Å². The van der Waals surface area contributed by atoms with E-state index in [1.807, 2.05) is 0 Å². The molecule has 0 unspecified atom stereocenters. The summed E-state index contributed by atoms with van der Waals surface area (Å²) in [6, 6.07) is 5.33. The highest BCUT2D eigenvalue weighted by atomic mass is 19.3. The number of halogens is 2. The summed E-state index contributed by atoms with van der Waals surface area (Å²) in [6.45, 7) is 5.00. The highest BCUT2D eigenvalue weighted by Crippen LogP contribution is 2.23. The first kappa shape index (κ1) is 16.9. The van der Waals surface area contributed by atoms with Gasteiger partial charge in [-0.15, -0.1) is 0 Å². The summed E-state index contributed by atoms with van der Waals surface area (Å²) in [5.74, 6) is -0.753. The van der Waals surface area contributed by atoms with Crippen LogP contribution in [0.5, 0.6) is 0 Å². The fourth-order valence-electron chi connectivity index (χ4n) is 1.55. The average Bonchev–Trinajstić information content (AvgIpc) is 2.35. The molecule has 2 amide bonds. The van der Waals surface area contributed by atoms with E-state index in [0.29, 0.717) is 0 Å². The minimum Gasteiger partial charge on any atom is -0.443 e. The van der Waals surface area contributed by atoms with Crippen LogP contribution in [0, 0.1) is 0 Å². The average molecular weight is 300 g/mol. The number of benzene rings is 1. The summed E-state index contributed by atoms with van der Waals surface area (Å²) in [6.07, 6.45) is -3.62. The normalized spacial score (nSPS) is 11.2. The van der Waals surface area contributed by atoms with E-state index in [1.54, 1.807) is 20.8 Å². The molecule has 0 saturated heterocycles. The van der Waals surface area contributed by atoms with Crippen LogP contribution in [-0.4, -0.2) is 29.7 Å². The summed E-state index contributed by atoms with van der Waals surface area (Å²) < 4.78 is 30.7. The molecule has 116 valence electrons. The SMILES string of the molecule is CN(NC(=O)OC(C)(C)C)C(=O)c1ccccc1C(F)F. The van der Waals surface area contributed by atoms with Gasteiger partial charge in [-0.1, -0.05) is 18.2 Å². The van der Waals surface area contributed by atoms with Crippen LogP contribution < -0.4 is 5.43 Å². The van der Waals surface area contributed by atoms with Gasteiger partial charge in [0.05, 0.1) is 5.56 Å². The molecule has 7 heteroatoms. The zero-order valence-corrected chi connectivity index (χ0v) is 12.3. The molecule has 1 N–H and O–H groups in total. The van der Waals surface area contributed by atoms with Crippen molar-refractivity contribution in [2.45, 2.75) is 32.8 Å². The monoisotopic (exact) mass is 300 g/mol. The van der Waals surface area contributed by atoms with Gasteiger partial charge in [-0.25, -0.2) is 19.0 Å². The summed E-state index contributed by atoms with van der Waals surface area (Å²) >= 11 is 0. The van der Waals surface area contributed by atoms with Gasteiger partial charge >= 0.3 is 6.09 Å². The molecule has 0 aliphatic carbocycles. The van der Waals surface area contributed by atoms with Crippen molar-refractivity contribution in [3.8, 4) is 0 Å².